The van der Waals surface area contributed by atoms with E-state index in [0.717, 1.165) is 41.9 Å². The van der Waals surface area contributed by atoms with Crippen molar-refractivity contribution >= 4 is 29.1 Å². The summed E-state index contributed by atoms with van der Waals surface area (Å²) in [6.07, 6.45) is 3.40. The van der Waals surface area contributed by atoms with Gasteiger partial charge in [0.2, 0.25) is 5.91 Å². The van der Waals surface area contributed by atoms with E-state index in [1.165, 1.54) is 5.01 Å². The SMILES string of the molecule is COc1ccc([C@@H]2CC(c3ccccc3Cl)=NN2C(=O)CNC(=O)C2CCC2)cc1. The number of carbonyl (C=O) groups is 2. The normalized spacial score (nSPS) is 18.5. The summed E-state index contributed by atoms with van der Waals surface area (Å²) in [4.78, 5) is 25.1. The standard InChI is InChI=1S/C23H24ClN3O3/c1-30-17-11-9-15(10-12-17)21-13-20(18-7-2-3-8-19(18)24)26-27(21)22(28)14-25-23(29)16-5-4-6-16/h2-3,7-12,16,21H,4-6,13-14H2,1H3,(H,25,29)/t21-/m0/s1. The van der Waals surface area contributed by atoms with Gasteiger partial charge in [-0.15, -0.1) is 0 Å². The highest BCUT2D eigenvalue weighted by molar-refractivity contribution is 6.34. The third-order valence-corrected chi connectivity index (χ3v) is 6.07. The van der Waals surface area contributed by atoms with Gasteiger partial charge in [0.1, 0.15) is 5.75 Å². The number of hydrogen-bond donors (Lipinski definition) is 1. The van der Waals surface area contributed by atoms with Crippen LogP contribution in [0.4, 0.5) is 0 Å². The van der Waals surface area contributed by atoms with Gasteiger partial charge in [0, 0.05) is 22.9 Å². The van der Waals surface area contributed by atoms with E-state index in [1.807, 2.05) is 48.5 Å². The Balaban J connectivity index is 1.56. The van der Waals surface area contributed by atoms with Crippen LogP contribution in [0.5, 0.6) is 5.75 Å². The average Bonchev–Trinajstić information content (AvgIpc) is 3.16. The van der Waals surface area contributed by atoms with Gasteiger partial charge in [0.05, 0.1) is 25.4 Å². The van der Waals surface area contributed by atoms with E-state index < -0.39 is 0 Å². The van der Waals surface area contributed by atoms with E-state index in [1.54, 1.807) is 7.11 Å². The number of benzene rings is 2. The van der Waals surface area contributed by atoms with Gasteiger partial charge in [0.25, 0.3) is 5.91 Å². The Kier molecular flexibility index (Phi) is 6.04. The molecule has 2 amide bonds. The van der Waals surface area contributed by atoms with Crippen molar-refractivity contribution in [1.29, 1.82) is 0 Å². The summed E-state index contributed by atoms with van der Waals surface area (Å²) in [5, 5.41) is 9.45. The van der Waals surface area contributed by atoms with Crippen molar-refractivity contribution in [3.63, 3.8) is 0 Å². The number of hydrogen-bond acceptors (Lipinski definition) is 4. The van der Waals surface area contributed by atoms with Crippen LogP contribution in [0.2, 0.25) is 5.02 Å². The van der Waals surface area contributed by atoms with Gasteiger partial charge >= 0.3 is 0 Å². The first-order valence-corrected chi connectivity index (χ1v) is 10.5. The predicted octanol–water partition coefficient (Wildman–Crippen LogP) is 3.94. The third kappa shape index (κ3) is 4.19. The Morgan fingerprint density at radius 2 is 1.90 bits per heavy atom. The lowest BCUT2D eigenvalue weighted by Crippen LogP contribution is -2.41. The topological polar surface area (TPSA) is 71.0 Å². The van der Waals surface area contributed by atoms with E-state index >= 15 is 0 Å². The number of nitrogens with one attached hydrogen (secondary N) is 1. The van der Waals surface area contributed by atoms with Crippen molar-refractivity contribution in [3.8, 4) is 5.75 Å². The maximum Gasteiger partial charge on any atom is 0.262 e. The molecule has 2 aromatic rings. The lowest BCUT2D eigenvalue weighted by molar-refractivity contribution is -0.136. The van der Waals surface area contributed by atoms with Crippen LogP contribution in [-0.4, -0.2) is 36.2 Å². The molecule has 0 spiro atoms. The first-order valence-electron chi connectivity index (χ1n) is 10.1. The van der Waals surface area contributed by atoms with Gasteiger partial charge in [-0.05, 0) is 36.6 Å². The molecule has 1 aliphatic heterocycles. The largest absolute Gasteiger partial charge is 0.497 e. The van der Waals surface area contributed by atoms with E-state index in [4.69, 9.17) is 16.3 Å². The molecule has 0 unspecified atom stereocenters. The van der Waals surface area contributed by atoms with Gasteiger partial charge < -0.3 is 10.1 Å². The van der Waals surface area contributed by atoms with Gasteiger partial charge in [-0.2, -0.15) is 5.10 Å². The highest BCUT2D eigenvalue weighted by Gasteiger charge is 2.34. The number of hydrazone groups is 1. The number of rotatable bonds is 6. The van der Waals surface area contributed by atoms with E-state index in [0.29, 0.717) is 11.4 Å². The summed E-state index contributed by atoms with van der Waals surface area (Å²) < 4.78 is 5.24. The van der Waals surface area contributed by atoms with Gasteiger partial charge in [0.15, 0.2) is 0 Å². The Morgan fingerprint density at radius 3 is 2.53 bits per heavy atom. The maximum atomic E-state index is 13.0. The van der Waals surface area contributed by atoms with Gasteiger partial charge in [-0.25, -0.2) is 5.01 Å². The molecule has 156 valence electrons. The molecule has 0 bridgehead atoms. The van der Waals surface area contributed by atoms with Crippen LogP contribution < -0.4 is 10.1 Å². The van der Waals surface area contributed by atoms with Crippen LogP contribution in [0.15, 0.2) is 53.6 Å². The first kappa shape index (κ1) is 20.4. The summed E-state index contributed by atoms with van der Waals surface area (Å²) in [5.41, 5.74) is 2.51. The molecule has 2 aliphatic rings. The summed E-state index contributed by atoms with van der Waals surface area (Å²) in [7, 11) is 1.61. The molecular formula is C23H24ClN3O3. The molecule has 1 saturated carbocycles. The van der Waals surface area contributed by atoms with Gasteiger partial charge in [-0.3, -0.25) is 9.59 Å². The van der Waals surface area contributed by atoms with Crippen molar-refractivity contribution in [3.05, 3.63) is 64.7 Å². The van der Waals surface area contributed by atoms with Crippen LogP contribution in [-0.2, 0) is 9.59 Å². The Hall–Kier alpha value is -2.86. The fourth-order valence-corrected chi connectivity index (χ4v) is 3.99. The van der Waals surface area contributed by atoms with E-state index in [-0.39, 0.29) is 30.3 Å². The number of amides is 2. The zero-order valence-corrected chi connectivity index (χ0v) is 17.6. The molecule has 30 heavy (non-hydrogen) atoms. The fourth-order valence-electron chi connectivity index (χ4n) is 3.74. The Labute approximate surface area is 180 Å². The number of ether oxygens (including phenoxy) is 1. The lowest BCUT2D eigenvalue weighted by atomic mass is 9.85. The minimum Gasteiger partial charge on any atom is -0.497 e. The predicted molar refractivity (Wildman–Crippen MR) is 116 cm³/mol. The highest BCUT2D eigenvalue weighted by Crippen LogP contribution is 2.35. The number of halogens is 1. The van der Waals surface area contributed by atoms with Crippen LogP contribution in [0, 0.1) is 5.92 Å². The minimum atomic E-state index is -0.268. The fraction of sp³-hybridized carbons (Fsp3) is 0.348. The third-order valence-electron chi connectivity index (χ3n) is 5.74. The Morgan fingerprint density at radius 1 is 1.17 bits per heavy atom. The van der Waals surface area contributed by atoms with E-state index in [2.05, 4.69) is 10.4 Å². The molecule has 4 rings (SSSR count). The molecular weight excluding hydrogens is 402 g/mol. The summed E-state index contributed by atoms with van der Waals surface area (Å²) in [6.45, 7) is -0.0682. The molecule has 6 nitrogen and oxygen atoms in total. The molecule has 1 N–H and O–H groups in total. The van der Waals surface area contributed by atoms with Crippen LogP contribution in [0.25, 0.3) is 0 Å². The molecule has 7 heteroatoms. The second kappa shape index (κ2) is 8.88. The molecule has 0 radical (unpaired) electrons. The number of carbonyl (C=O) groups excluding carboxylic acids is 2. The second-order valence-electron chi connectivity index (χ2n) is 7.60. The first-order chi connectivity index (χ1) is 14.6. The van der Waals surface area contributed by atoms with E-state index in [9.17, 15) is 9.59 Å². The van der Waals surface area contributed by atoms with Crippen molar-refractivity contribution in [1.82, 2.24) is 10.3 Å². The quantitative estimate of drug-likeness (QED) is 0.761. The van der Waals surface area contributed by atoms with Crippen LogP contribution in [0.1, 0.15) is 42.9 Å². The van der Waals surface area contributed by atoms with Crippen LogP contribution >= 0.6 is 11.6 Å². The van der Waals surface area contributed by atoms with Crippen molar-refractivity contribution in [2.45, 2.75) is 31.7 Å². The highest BCUT2D eigenvalue weighted by atomic mass is 35.5. The van der Waals surface area contributed by atoms with Crippen molar-refractivity contribution < 1.29 is 14.3 Å². The molecule has 2 aromatic carbocycles. The van der Waals surface area contributed by atoms with Gasteiger partial charge in [-0.1, -0.05) is 48.4 Å². The summed E-state index contributed by atoms with van der Waals surface area (Å²) in [5.74, 6) is 0.487. The molecule has 0 aromatic heterocycles. The number of methoxy groups -OCH3 is 1. The average molecular weight is 426 g/mol. The molecule has 1 heterocycles. The summed E-state index contributed by atoms with van der Waals surface area (Å²) >= 11 is 6.37. The minimum absolute atomic E-state index is 0.0379. The smallest absolute Gasteiger partial charge is 0.262 e. The Bertz CT molecular complexity index is 970. The van der Waals surface area contributed by atoms with Crippen molar-refractivity contribution in [2.24, 2.45) is 11.0 Å². The molecule has 1 fully saturated rings. The molecule has 1 atom stereocenters. The monoisotopic (exact) mass is 425 g/mol. The lowest BCUT2D eigenvalue weighted by Gasteiger charge is -2.25. The zero-order valence-electron chi connectivity index (χ0n) is 16.8. The summed E-state index contributed by atoms with van der Waals surface area (Å²) in [6, 6.07) is 14.8. The number of nitrogens with zero attached hydrogens (tertiary/aromatic N) is 2. The second-order valence-corrected chi connectivity index (χ2v) is 8.01. The molecule has 0 saturated heterocycles. The molecule has 1 aliphatic carbocycles. The van der Waals surface area contributed by atoms with Crippen LogP contribution in [0.3, 0.4) is 0 Å². The maximum absolute atomic E-state index is 13.0. The zero-order chi connectivity index (χ0) is 21.1. The van der Waals surface area contributed by atoms with Crippen molar-refractivity contribution in [2.75, 3.05) is 13.7 Å².